The molecule has 5 rings (SSSR count). The molecule has 0 aromatic carbocycles. The zero-order chi connectivity index (χ0) is 25.4. The smallest absolute Gasteiger partial charge is 0.346 e. The van der Waals surface area contributed by atoms with Crippen LogP contribution < -0.4 is 21.1 Å². The lowest BCUT2D eigenvalue weighted by Crippen LogP contribution is -2.49. The quantitative estimate of drug-likeness (QED) is 0.496. The average Bonchev–Trinajstić information content (AvgIpc) is 3.28. The molecule has 0 unspecified atom stereocenters. The first kappa shape index (κ1) is 24.0. The number of aryl methyl sites for hydroxylation is 1. The molecule has 2 aliphatic heterocycles. The number of amides is 1. The van der Waals surface area contributed by atoms with Gasteiger partial charge >= 0.3 is 6.18 Å². The summed E-state index contributed by atoms with van der Waals surface area (Å²) in [5, 5.41) is 10.1. The summed E-state index contributed by atoms with van der Waals surface area (Å²) in [6, 6.07) is 3.07. The van der Waals surface area contributed by atoms with Crippen LogP contribution in [0.15, 0.2) is 41.6 Å². The lowest BCUT2D eigenvalue weighted by molar-refractivity contribution is -0.152. The number of hydrogen-bond donors (Lipinski definition) is 3. The molecule has 3 N–H and O–H groups in total. The number of H-pyrrole nitrogens is 1. The molecule has 5 heterocycles. The maximum atomic E-state index is 13.7. The molecule has 2 saturated heterocycles. The summed E-state index contributed by atoms with van der Waals surface area (Å²) in [6.07, 6.45) is 1.38. The largest absolute Gasteiger partial charge is 0.408 e. The molecule has 0 saturated carbocycles. The van der Waals surface area contributed by atoms with E-state index in [0.717, 1.165) is 13.1 Å². The minimum absolute atomic E-state index is 0.0198. The monoisotopic (exact) mass is 501 g/mol. The number of carbonyl (C=O) groups is 1. The third-order valence-corrected chi connectivity index (χ3v) is 6.67. The maximum absolute atomic E-state index is 13.7. The van der Waals surface area contributed by atoms with Crippen LogP contribution in [0.25, 0.3) is 11.1 Å². The summed E-state index contributed by atoms with van der Waals surface area (Å²) in [6.45, 7) is 3.58. The number of halogens is 3. The van der Waals surface area contributed by atoms with Crippen molar-refractivity contribution >= 4 is 17.5 Å². The molecular weight excluding hydrogens is 475 g/mol. The summed E-state index contributed by atoms with van der Waals surface area (Å²) in [5.41, 5.74) is 1.62. The minimum atomic E-state index is -4.40. The van der Waals surface area contributed by atoms with Gasteiger partial charge in [-0.1, -0.05) is 0 Å². The molecule has 1 atom stereocenters. The van der Waals surface area contributed by atoms with Crippen molar-refractivity contribution in [2.45, 2.75) is 44.4 Å². The number of hydrogen-bond acceptors (Lipinski definition) is 6. The number of nitrogens with zero attached hydrogens (tertiary/aromatic N) is 4. The number of alkyl halides is 3. The van der Waals surface area contributed by atoms with Crippen molar-refractivity contribution in [2.24, 2.45) is 0 Å². The van der Waals surface area contributed by atoms with Crippen LogP contribution in [-0.4, -0.2) is 57.5 Å². The Morgan fingerprint density at radius 3 is 2.69 bits per heavy atom. The van der Waals surface area contributed by atoms with E-state index in [1.165, 1.54) is 17.2 Å². The lowest BCUT2D eigenvalue weighted by Gasteiger charge is -2.38. The Morgan fingerprint density at radius 1 is 1.17 bits per heavy atom. The highest BCUT2D eigenvalue weighted by Gasteiger charge is 2.45. The molecule has 2 aliphatic rings. The van der Waals surface area contributed by atoms with Crippen molar-refractivity contribution in [3.63, 3.8) is 0 Å². The van der Waals surface area contributed by atoms with Crippen molar-refractivity contribution in [2.75, 3.05) is 29.9 Å². The Labute approximate surface area is 204 Å². The van der Waals surface area contributed by atoms with Crippen molar-refractivity contribution in [3.05, 3.63) is 58.3 Å². The molecule has 36 heavy (non-hydrogen) atoms. The van der Waals surface area contributed by atoms with Crippen molar-refractivity contribution in [1.29, 1.82) is 0 Å². The number of pyridine rings is 2. The van der Waals surface area contributed by atoms with Gasteiger partial charge in [-0.15, -0.1) is 0 Å². The average molecular weight is 502 g/mol. The van der Waals surface area contributed by atoms with Gasteiger partial charge in [-0.3, -0.25) is 14.3 Å². The van der Waals surface area contributed by atoms with E-state index in [1.54, 1.807) is 36.1 Å². The van der Waals surface area contributed by atoms with Crippen molar-refractivity contribution in [3.8, 4) is 11.1 Å². The molecule has 12 heteroatoms. The topological polar surface area (TPSA) is 108 Å². The van der Waals surface area contributed by atoms with E-state index < -0.39 is 17.8 Å². The number of aromatic nitrogens is 4. The van der Waals surface area contributed by atoms with E-state index in [0.29, 0.717) is 35.1 Å². The van der Waals surface area contributed by atoms with Crippen LogP contribution in [0, 0.1) is 6.92 Å². The first-order valence-electron chi connectivity index (χ1n) is 11.8. The fourth-order valence-electron chi connectivity index (χ4n) is 4.61. The first-order valence-corrected chi connectivity index (χ1v) is 11.8. The minimum Gasteiger partial charge on any atom is -0.346 e. The van der Waals surface area contributed by atoms with E-state index in [1.807, 2.05) is 0 Å². The second kappa shape index (κ2) is 9.41. The van der Waals surface area contributed by atoms with Crippen LogP contribution in [0.1, 0.15) is 41.2 Å². The molecule has 0 spiro atoms. The van der Waals surface area contributed by atoms with Gasteiger partial charge in [0, 0.05) is 38.1 Å². The number of aromatic amines is 1. The zero-order valence-electron chi connectivity index (χ0n) is 19.6. The second-order valence-electron chi connectivity index (χ2n) is 9.22. The highest BCUT2D eigenvalue weighted by atomic mass is 19.4. The molecule has 0 radical (unpaired) electrons. The Balaban J connectivity index is 1.42. The van der Waals surface area contributed by atoms with Gasteiger partial charge in [0.25, 0.3) is 5.91 Å². The fourth-order valence-corrected chi connectivity index (χ4v) is 4.61. The van der Waals surface area contributed by atoms with Crippen LogP contribution in [0.4, 0.5) is 24.8 Å². The first-order chi connectivity index (χ1) is 17.2. The highest BCUT2D eigenvalue weighted by Crippen LogP contribution is 2.35. The predicted molar refractivity (Wildman–Crippen MR) is 128 cm³/mol. The number of carbonyl (C=O) groups excluding carboxylic acids is 1. The summed E-state index contributed by atoms with van der Waals surface area (Å²) >= 11 is 0. The Hall–Kier alpha value is -3.67. The third-order valence-electron chi connectivity index (χ3n) is 6.67. The molecule has 3 aromatic heterocycles. The molecule has 0 bridgehead atoms. The predicted octanol–water partition coefficient (Wildman–Crippen LogP) is 3.26. The van der Waals surface area contributed by atoms with Crippen LogP contribution in [0.3, 0.4) is 0 Å². The molecule has 9 nitrogen and oxygen atoms in total. The molecular formula is C24H26F3N7O2. The van der Waals surface area contributed by atoms with Crippen LogP contribution >= 0.6 is 0 Å². The summed E-state index contributed by atoms with van der Waals surface area (Å²) < 4.78 is 42.7. The van der Waals surface area contributed by atoms with Gasteiger partial charge in [-0.2, -0.15) is 18.3 Å². The van der Waals surface area contributed by atoms with Crippen LogP contribution in [0.5, 0.6) is 0 Å². The second-order valence-corrected chi connectivity index (χ2v) is 9.22. The van der Waals surface area contributed by atoms with Crippen molar-refractivity contribution < 1.29 is 18.0 Å². The lowest BCUT2D eigenvalue weighted by atomic mass is 10.00. The van der Waals surface area contributed by atoms with Crippen molar-refractivity contribution in [1.82, 2.24) is 25.1 Å². The number of piperidine rings is 1. The van der Waals surface area contributed by atoms with E-state index in [9.17, 15) is 22.8 Å². The summed E-state index contributed by atoms with van der Waals surface area (Å²) in [7, 11) is 0. The molecule has 1 amide bonds. The summed E-state index contributed by atoms with van der Waals surface area (Å²) in [4.78, 5) is 33.3. The van der Waals surface area contributed by atoms with E-state index in [-0.39, 0.29) is 36.6 Å². The number of rotatable bonds is 5. The SMILES string of the molecule is Cc1cnc(NC(=O)c2cnn(C3CNC3)c2)cc1-c1cc(N2CCCC[C@@H]2C(F)(F)F)[nH]c(=O)c1. The van der Waals surface area contributed by atoms with E-state index in [2.05, 4.69) is 25.7 Å². The van der Waals surface area contributed by atoms with Gasteiger partial charge < -0.3 is 20.5 Å². The molecule has 0 aliphatic carbocycles. The molecule has 190 valence electrons. The molecule has 2 fully saturated rings. The Kier molecular flexibility index (Phi) is 6.29. The normalized spacial score (nSPS) is 18.7. The van der Waals surface area contributed by atoms with Gasteiger partial charge in [0.15, 0.2) is 0 Å². The van der Waals surface area contributed by atoms with E-state index >= 15 is 0 Å². The maximum Gasteiger partial charge on any atom is 0.408 e. The van der Waals surface area contributed by atoms with Crippen LogP contribution in [0.2, 0.25) is 0 Å². The van der Waals surface area contributed by atoms with E-state index in [4.69, 9.17) is 0 Å². The van der Waals surface area contributed by atoms with Gasteiger partial charge in [0.05, 0.1) is 17.8 Å². The number of anilines is 2. The Morgan fingerprint density at radius 2 is 1.97 bits per heavy atom. The molecule has 3 aromatic rings. The van der Waals surface area contributed by atoms with Gasteiger partial charge in [-0.05, 0) is 55.0 Å². The van der Waals surface area contributed by atoms with Crippen LogP contribution in [-0.2, 0) is 0 Å². The Bertz CT molecular complexity index is 1330. The highest BCUT2D eigenvalue weighted by molar-refractivity contribution is 6.03. The van der Waals surface area contributed by atoms with Gasteiger partial charge in [-0.25, -0.2) is 4.98 Å². The number of nitrogens with one attached hydrogen (secondary N) is 3. The fraction of sp³-hybridized carbons (Fsp3) is 0.417. The zero-order valence-corrected chi connectivity index (χ0v) is 19.6. The standard InChI is InChI=1S/C24H26F3N7O2/c1-14-9-29-20(31-23(36)16-10-30-34(13-16)17-11-28-12-17)8-18(14)15-6-21(32-22(35)7-15)33-5-3-2-4-19(33)24(25,26)27/h6-10,13,17,19,28H,2-5,11-12H2,1H3,(H,32,35)(H,29,31,36)/t19-/m1/s1. The van der Waals surface area contributed by atoms with Gasteiger partial charge in [0.2, 0.25) is 5.56 Å². The van der Waals surface area contributed by atoms with Gasteiger partial charge in [0.1, 0.15) is 17.7 Å². The third kappa shape index (κ3) is 4.85. The summed E-state index contributed by atoms with van der Waals surface area (Å²) in [5.74, 6) is -0.00498.